The maximum Gasteiger partial charge on any atom is 0.327 e. The van der Waals surface area contributed by atoms with Gasteiger partial charge in [-0.2, -0.15) is 0 Å². The van der Waals surface area contributed by atoms with Crippen molar-refractivity contribution in [3.8, 4) is 0 Å². The summed E-state index contributed by atoms with van der Waals surface area (Å²) in [7, 11) is 0. The molecule has 0 spiro atoms. The van der Waals surface area contributed by atoms with E-state index in [-0.39, 0.29) is 0 Å². The highest BCUT2D eigenvalue weighted by Gasteiger charge is 1.79. The summed E-state index contributed by atoms with van der Waals surface area (Å²) in [6.07, 6.45) is 0.833. The molecule has 0 aromatic carbocycles. The van der Waals surface area contributed by atoms with Gasteiger partial charge in [-0.15, -0.1) is 0 Å². The highest BCUT2D eigenvalue weighted by molar-refractivity contribution is 6.12. The van der Waals surface area contributed by atoms with E-state index in [1.807, 2.05) is 0 Å². The van der Waals surface area contributed by atoms with E-state index in [1.54, 1.807) is 0 Å². The van der Waals surface area contributed by atoms with E-state index in [2.05, 4.69) is 22.7 Å². The molecule has 0 unspecified atom stereocenters. The molecule has 0 aromatic rings. The van der Waals surface area contributed by atoms with Gasteiger partial charge in [-0.3, -0.25) is 4.79 Å². The van der Waals surface area contributed by atoms with Gasteiger partial charge >= 0.3 is 11.9 Å². The van der Waals surface area contributed by atoms with Crippen LogP contribution in [-0.4, -0.2) is 17.0 Å². The fourth-order valence-electron chi connectivity index (χ4n) is 0. The second-order valence-corrected chi connectivity index (χ2v) is 1.27. The fraction of sp³-hybridized carbons (Fsp3) is 0.200. The van der Waals surface area contributed by atoms with Gasteiger partial charge in [0.25, 0.3) is 0 Å². The Hall–Kier alpha value is -1.03. The van der Waals surface area contributed by atoms with Crippen molar-refractivity contribution in [1.82, 2.24) is 0 Å². The molecule has 4 nitrogen and oxygen atoms in total. The van der Waals surface area contributed by atoms with E-state index >= 15 is 0 Å². The van der Waals surface area contributed by atoms with Crippen molar-refractivity contribution in [1.29, 1.82) is 0 Å². The third kappa shape index (κ3) is 28.2. The van der Waals surface area contributed by atoms with Crippen molar-refractivity contribution in [3.05, 3.63) is 12.7 Å². The molecule has 0 amide bonds. The van der Waals surface area contributed by atoms with Crippen LogP contribution < -0.4 is 0 Å². The Labute approximate surface area is 63.2 Å². The molecule has 0 heterocycles. The number of rotatable bonds is 1. The molecule has 0 rings (SSSR count). The van der Waals surface area contributed by atoms with Gasteiger partial charge < -0.3 is 9.40 Å². The zero-order valence-corrected chi connectivity index (χ0v) is 6.09. The first-order valence-electron chi connectivity index (χ1n) is 2.19. The summed E-state index contributed by atoms with van der Waals surface area (Å²) < 4.78 is 3.58. The van der Waals surface area contributed by atoms with Crippen LogP contribution in [-0.2, 0) is 13.9 Å². The second kappa shape index (κ2) is 7.97. The first-order valence-corrected chi connectivity index (χ1v) is 2.50. The van der Waals surface area contributed by atoms with Crippen molar-refractivity contribution in [3.63, 3.8) is 0 Å². The van der Waals surface area contributed by atoms with E-state index in [9.17, 15) is 9.59 Å². The normalized spacial score (nSPS) is 6.60. The molecule has 0 aliphatic heterocycles. The Kier molecular flexibility index (Phi) is 9.35. The maximum atomic E-state index is 9.46. The molecule has 0 aliphatic rings. The zero-order valence-electron chi connectivity index (χ0n) is 5.33. The number of hydrogen-bond donors (Lipinski definition) is 1. The highest BCUT2D eigenvalue weighted by atomic mass is 35.5. The summed E-state index contributed by atoms with van der Waals surface area (Å²) in [5.74, 6) is -1.46. The summed E-state index contributed by atoms with van der Waals surface area (Å²) in [5.41, 5.74) is 0. The number of carboxylic acid groups (broad SMARTS) is 1. The average Bonchev–Trinajstić information content (AvgIpc) is 1.89. The predicted octanol–water partition coefficient (Wildman–Crippen LogP) is 0.960. The van der Waals surface area contributed by atoms with Crippen LogP contribution in [0.1, 0.15) is 6.92 Å². The molecule has 0 bridgehead atoms. The predicted molar refractivity (Wildman–Crippen MR) is 35.5 cm³/mol. The van der Waals surface area contributed by atoms with E-state index in [0.717, 1.165) is 6.08 Å². The Balaban J connectivity index is 0. The van der Waals surface area contributed by atoms with Crippen LogP contribution in [0.3, 0.4) is 0 Å². The zero-order chi connectivity index (χ0) is 8.57. The first-order chi connectivity index (χ1) is 4.54. The SMILES string of the molecule is C=CC(=O)O.CC(=O)OCl. The molecule has 5 heteroatoms. The third-order valence-electron chi connectivity index (χ3n) is 0.283. The number of aliphatic carboxylic acids is 1. The van der Waals surface area contributed by atoms with Crippen molar-refractivity contribution < 1.29 is 19.0 Å². The topological polar surface area (TPSA) is 63.6 Å². The van der Waals surface area contributed by atoms with Gasteiger partial charge in [0, 0.05) is 13.0 Å². The van der Waals surface area contributed by atoms with E-state index < -0.39 is 11.9 Å². The monoisotopic (exact) mass is 166 g/mol. The minimum atomic E-state index is -0.981. The Morgan fingerprint density at radius 3 is 1.90 bits per heavy atom. The molecule has 58 valence electrons. The lowest BCUT2D eigenvalue weighted by Crippen LogP contribution is -1.82. The third-order valence-corrected chi connectivity index (χ3v) is 0.501. The number of carbonyl (C=O) groups is 2. The first kappa shape index (κ1) is 11.7. The van der Waals surface area contributed by atoms with Gasteiger partial charge in [0.1, 0.15) is 11.9 Å². The second-order valence-electron chi connectivity index (χ2n) is 1.11. The molecule has 10 heavy (non-hydrogen) atoms. The van der Waals surface area contributed by atoms with Gasteiger partial charge in [0.2, 0.25) is 0 Å². The van der Waals surface area contributed by atoms with Crippen molar-refractivity contribution >= 4 is 23.8 Å². The molecular weight excluding hydrogens is 160 g/mol. The molecule has 0 atom stereocenters. The van der Waals surface area contributed by atoms with Crippen LogP contribution in [0.25, 0.3) is 0 Å². The van der Waals surface area contributed by atoms with Crippen LogP contribution in [0.4, 0.5) is 0 Å². The minimum Gasteiger partial charge on any atom is -0.478 e. The summed E-state index contributed by atoms with van der Waals surface area (Å²) in [4.78, 5) is 18.7. The van der Waals surface area contributed by atoms with Crippen LogP contribution in [0.5, 0.6) is 0 Å². The highest BCUT2D eigenvalue weighted by Crippen LogP contribution is 1.75. The summed E-state index contributed by atoms with van der Waals surface area (Å²) in [5, 5.41) is 7.60. The lowest BCUT2D eigenvalue weighted by atomic mass is 10.7. The van der Waals surface area contributed by atoms with Crippen LogP contribution in [0.15, 0.2) is 12.7 Å². The molecule has 0 aromatic heterocycles. The van der Waals surface area contributed by atoms with Crippen molar-refractivity contribution in [2.24, 2.45) is 0 Å². The molecule has 1 N–H and O–H groups in total. The van der Waals surface area contributed by atoms with Crippen LogP contribution in [0.2, 0.25) is 0 Å². The number of hydrogen-bond acceptors (Lipinski definition) is 3. The lowest BCUT2D eigenvalue weighted by Gasteiger charge is -1.74. The van der Waals surface area contributed by atoms with Crippen molar-refractivity contribution in [2.75, 3.05) is 0 Å². The summed E-state index contributed by atoms with van der Waals surface area (Å²) >= 11 is 4.49. The number of carbonyl (C=O) groups excluding carboxylic acids is 1. The quantitative estimate of drug-likeness (QED) is 0.590. The Bertz CT molecular complexity index is 132. The maximum absolute atomic E-state index is 9.46. The Morgan fingerprint density at radius 2 is 1.90 bits per heavy atom. The van der Waals surface area contributed by atoms with Crippen LogP contribution in [0, 0.1) is 0 Å². The molecule has 0 fully saturated rings. The standard InChI is InChI=1S/C3H4O2.C2H3ClO2/c1-2-3(4)5;1-2(4)5-3/h2H,1H2,(H,4,5);1H3. The number of halogens is 1. The average molecular weight is 167 g/mol. The molecule has 0 saturated heterocycles. The Morgan fingerprint density at radius 1 is 1.70 bits per heavy atom. The summed E-state index contributed by atoms with van der Waals surface area (Å²) in [6, 6.07) is 0. The van der Waals surface area contributed by atoms with Gasteiger partial charge in [-0.25, -0.2) is 4.79 Å². The number of carboxylic acids is 1. The lowest BCUT2D eigenvalue weighted by molar-refractivity contribution is -0.132. The van der Waals surface area contributed by atoms with Gasteiger partial charge in [-0.05, 0) is 0 Å². The van der Waals surface area contributed by atoms with Crippen molar-refractivity contribution in [2.45, 2.75) is 6.92 Å². The smallest absolute Gasteiger partial charge is 0.327 e. The minimum absolute atomic E-state index is 0.480. The van der Waals surface area contributed by atoms with E-state index in [4.69, 9.17) is 5.11 Å². The summed E-state index contributed by atoms with van der Waals surface area (Å²) in [6.45, 7) is 4.19. The van der Waals surface area contributed by atoms with E-state index in [0.29, 0.717) is 0 Å². The van der Waals surface area contributed by atoms with Gasteiger partial charge in [0.15, 0.2) is 0 Å². The fourth-order valence-corrected chi connectivity index (χ4v) is 0. The molecule has 0 aliphatic carbocycles. The van der Waals surface area contributed by atoms with Gasteiger partial charge in [0.05, 0.1) is 0 Å². The molecule has 0 radical (unpaired) electrons. The van der Waals surface area contributed by atoms with Crippen LogP contribution >= 0.6 is 11.9 Å². The van der Waals surface area contributed by atoms with E-state index in [1.165, 1.54) is 6.92 Å². The van der Waals surface area contributed by atoms with Gasteiger partial charge in [-0.1, -0.05) is 6.58 Å². The largest absolute Gasteiger partial charge is 0.478 e. The molecule has 0 saturated carbocycles. The molecular formula is C5H7ClO4.